The van der Waals surface area contributed by atoms with E-state index in [2.05, 4.69) is 20.6 Å². The Labute approximate surface area is 168 Å². The first-order valence-corrected chi connectivity index (χ1v) is 9.41. The van der Waals surface area contributed by atoms with Crippen LogP contribution in [-0.2, 0) is 11.2 Å². The van der Waals surface area contributed by atoms with Crippen LogP contribution in [0.2, 0.25) is 0 Å². The van der Waals surface area contributed by atoms with Gasteiger partial charge in [-0.2, -0.15) is 10.1 Å². The Bertz CT molecular complexity index is 1120. The van der Waals surface area contributed by atoms with Crippen molar-refractivity contribution in [3.63, 3.8) is 0 Å². The third-order valence-electron chi connectivity index (χ3n) is 4.62. The van der Waals surface area contributed by atoms with Crippen molar-refractivity contribution in [2.75, 3.05) is 5.32 Å². The summed E-state index contributed by atoms with van der Waals surface area (Å²) in [6.07, 6.45) is 0.613. The normalized spacial score (nSPS) is 10.8. The number of aryl methyl sites for hydroxylation is 2. The molecule has 0 spiro atoms. The summed E-state index contributed by atoms with van der Waals surface area (Å²) in [7, 11) is 0. The third kappa shape index (κ3) is 4.08. The van der Waals surface area contributed by atoms with Crippen molar-refractivity contribution < 1.29 is 9.32 Å². The van der Waals surface area contributed by atoms with E-state index < -0.39 is 0 Å². The molecule has 1 amide bonds. The van der Waals surface area contributed by atoms with Gasteiger partial charge in [-0.3, -0.25) is 4.79 Å². The molecular weight excluding hydrogens is 366 g/mol. The van der Waals surface area contributed by atoms with E-state index in [4.69, 9.17) is 4.52 Å². The largest absolute Gasteiger partial charge is 0.339 e. The minimum absolute atomic E-state index is 0.122. The number of carbonyl (C=O) groups is 1. The number of para-hydroxylation sites is 1. The molecule has 4 rings (SSSR count). The molecule has 7 nitrogen and oxygen atoms in total. The van der Waals surface area contributed by atoms with Crippen molar-refractivity contribution in [1.82, 2.24) is 19.9 Å². The fourth-order valence-corrected chi connectivity index (χ4v) is 3.13. The Morgan fingerprint density at radius 1 is 1.03 bits per heavy atom. The van der Waals surface area contributed by atoms with Crippen LogP contribution in [0, 0.1) is 13.8 Å². The highest BCUT2D eigenvalue weighted by Gasteiger charge is 2.16. The number of anilines is 1. The van der Waals surface area contributed by atoms with Gasteiger partial charge < -0.3 is 9.84 Å². The van der Waals surface area contributed by atoms with Crippen molar-refractivity contribution in [1.29, 1.82) is 0 Å². The van der Waals surface area contributed by atoms with E-state index in [1.807, 2.05) is 79.2 Å². The molecule has 0 aliphatic carbocycles. The first-order chi connectivity index (χ1) is 14.1. The minimum atomic E-state index is -0.122. The summed E-state index contributed by atoms with van der Waals surface area (Å²) in [5, 5.41) is 11.5. The number of aromatic nitrogens is 4. The maximum atomic E-state index is 12.5. The Hall–Kier alpha value is -3.74. The van der Waals surface area contributed by atoms with Crippen molar-refractivity contribution in [2.45, 2.75) is 26.7 Å². The summed E-state index contributed by atoms with van der Waals surface area (Å²) in [5.41, 5.74) is 4.21. The Morgan fingerprint density at radius 3 is 2.45 bits per heavy atom. The highest BCUT2D eigenvalue weighted by molar-refractivity contribution is 5.92. The second-order valence-corrected chi connectivity index (χ2v) is 6.72. The number of amides is 1. The van der Waals surface area contributed by atoms with Crippen molar-refractivity contribution >= 4 is 11.6 Å². The van der Waals surface area contributed by atoms with E-state index in [-0.39, 0.29) is 12.3 Å². The average molecular weight is 387 g/mol. The van der Waals surface area contributed by atoms with Crippen molar-refractivity contribution in [3.05, 3.63) is 77.9 Å². The van der Waals surface area contributed by atoms with Gasteiger partial charge in [-0.25, -0.2) is 4.68 Å². The molecule has 0 atom stereocenters. The fourth-order valence-electron chi connectivity index (χ4n) is 3.13. The average Bonchev–Trinajstić information content (AvgIpc) is 3.34. The second-order valence-electron chi connectivity index (χ2n) is 6.72. The SMILES string of the molecule is Cc1nn(-c2ccccc2)c(C)c1NC(=O)CCc1nc(-c2ccccc2)no1. The maximum absolute atomic E-state index is 12.5. The van der Waals surface area contributed by atoms with Crippen LogP contribution in [0.3, 0.4) is 0 Å². The molecule has 0 aliphatic rings. The number of rotatable bonds is 6. The lowest BCUT2D eigenvalue weighted by atomic mass is 10.2. The Kier molecular flexibility index (Phi) is 5.20. The molecular formula is C22H21N5O2. The van der Waals surface area contributed by atoms with Gasteiger partial charge in [-0.1, -0.05) is 53.7 Å². The lowest BCUT2D eigenvalue weighted by Gasteiger charge is -2.06. The zero-order chi connectivity index (χ0) is 20.2. The molecule has 4 aromatic rings. The molecule has 2 aromatic heterocycles. The molecule has 0 aliphatic heterocycles. The van der Waals surface area contributed by atoms with Crippen LogP contribution in [0.15, 0.2) is 65.2 Å². The molecule has 2 aromatic carbocycles. The van der Waals surface area contributed by atoms with Crippen molar-refractivity contribution in [3.8, 4) is 17.1 Å². The summed E-state index contributed by atoms with van der Waals surface area (Å²) < 4.78 is 7.10. The lowest BCUT2D eigenvalue weighted by Crippen LogP contribution is -2.13. The van der Waals surface area contributed by atoms with Crippen LogP contribution in [0.5, 0.6) is 0 Å². The van der Waals surface area contributed by atoms with Gasteiger partial charge in [-0.05, 0) is 26.0 Å². The standard InChI is InChI=1S/C22H21N5O2/c1-15-21(16(2)27(25-15)18-11-7-4-8-12-18)23-19(28)13-14-20-24-22(26-29-20)17-9-5-3-6-10-17/h3-12H,13-14H2,1-2H3,(H,23,28). The summed E-state index contributed by atoms with van der Waals surface area (Å²) in [6, 6.07) is 19.4. The molecule has 0 radical (unpaired) electrons. The summed E-state index contributed by atoms with van der Waals surface area (Å²) >= 11 is 0. The van der Waals surface area contributed by atoms with Crippen LogP contribution in [0.4, 0.5) is 5.69 Å². The Balaban J connectivity index is 1.41. The molecule has 0 saturated heterocycles. The number of nitrogens with zero attached hydrogens (tertiary/aromatic N) is 4. The molecule has 146 valence electrons. The van der Waals surface area contributed by atoms with Gasteiger partial charge in [-0.15, -0.1) is 0 Å². The van der Waals surface area contributed by atoms with Crippen LogP contribution >= 0.6 is 0 Å². The number of hydrogen-bond acceptors (Lipinski definition) is 5. The molecule has 0 saturated carbocycles. The molecule has 29 heavy (non-hydrogen) atoms. The van der Waals surface area contributed by atoms with Gasteiger partial charge in [0, 0.05) is 18.4 Å². The monoisotopic (exact) mass is 387 g/mol. The zero-order valence-electron chi connectivity index (χ0n) is 16.3. The number of benzene rings is 2. The first-order valence-electron chi connectivity index (χ1n) is 9.41. The highest BCUT2D eigenvalue weighted by Crippen LogP contribution is 2.23. The van der Waals surface area contributed by atoms with Crippen LogP contribution < -0.4 is 5.32 Å². The predicted molar refractivity (Wildman–Crippen MR) is 110 cm³/mol. The van der Waals surface area contributed by atoms with Gasteiger partial charge in [0.25, 0.3) is 0 Å². The summed E-state index contributed by atoms with van der Waals surface area (Å²) in [4.78, 5) is 16.8. The smallest absolute Gasteiger partial charge is 0.227 e. The molecule has 0 bridgehead atoms. The van der Waals surface area contributed by atoms with E-state index in [0.717, 1.165) is 28.3 Å². The van der Waals surface area contributed by atoms with E-state index in [1.54, 1.807) is 0 Å². The van der Waals surface area contributed by atoms with E-state index in [9.17, 15) is 4.79 Å². The fraction of sp³-hybridized carbons (Fsp3) is 0.182. The maximum Gasteiger partial charge on any atom is 0.227 e. The third-order valence-corrected chi connectivity index (χ3v) is 4.62. The lowest BCUT2D eigenvalue weighted by molar-refractivity contribution is -0.116. The molecule has 1 N–H and O–H groups in total. The van der Waals surface area contributed by atoms with Gasteiger partial charge >= 0.3 is 0 Å². The van der Waals surface area contributed by atoms with E-state index in [0.29, 0.717) is 18.1 Å². The zero-order valence-corrected chi connectivity index (χ0v) is 16.3. The molecule has 7 heteroatoms. The van der Waals surface area contributed by atoms with E-state index in [1.165, 1.54) is 0 Å². The van der Waals surface area contributed by atoms with Crippen molar-refractivity contribution in [2.24, 2.45) is 0 Å². The quantitative estimate of drug-likeness (QED) is 0.538. The molecule has 0 fully saturated rings. The topological polar surface area (TPSA) is 85.8 Å². The van der Waals surface area contributed by atoms with Crippen LogP contribution in [-0.4, -0.2) is 25.8 Å². The van der Waals surface area contributed by atoms with E-state index >= 15 is 0 Å². The predicted octanol–water partition coefficient (Wildman–Crippen LogP) is 4.11. The van der Waals surface area contributed by atoms with Crippen LogP contribution in [0.25, 0.3) is 17.1 Å². The number of hydrogen-bond donors (Lipinski definition) is 1. The van der Waals surface area contributed by atoms with Gasteiger partial charge in [0.2, 0.25) is 17.6 Å². The number of nitrogens with one attached hydrogen (secondary N) is 1. The second kappa shape index (κ2) is 8.10. The highest BCUT2D eigenvalue weighted by atomic mass is 16.5. The van der Waals surface area contributed by atoms with Crippen LogP contribution in [0.1, 0.15) is 23.7 Å². The first kappa shape index (κ1) is 18.6. The Morgan fingerprint density at radius 2 is 1.72 bits per heavy atom. The molecule has 0 unspecified atom stereocenters. The van der Waals surface area contributed by atoms with Gasteiger partial charge in [0.15, 0.2) is 0 Å². The molecule has 2 heterocycles. The van der Waals surface area contributed by atoms with Gasteiger partial charge in [0.1, 0.15) is 0 Å². The minimum Gasteiger partial charge on any atom is -0.339 e. The van der Waals surface area contributed by atoms with Gasteiger partial charge in [0.05, 0.1) is 22.8 Å². The summed E-state index contributed by atoms with van der Waals surface area (Å²) in [5.74, 6) is 0.840. The number of carbonyl (C=O) groups excluding carboxylic acids is 1. The summed E-state index contributed by atoms with van der Waals surface area (Å²) in [6.45, 7) is 3.82.